The number of Topliss-reactive ketones (excluding diaryl/α,β-unsaturated/α-hetero) is 1. The number of cyclic esters (lactones) is 1. The lowest BCUT2D eigenvalue weighted by Gasteiger charge is -2.09. The Morgan fingerprint density at radius 3 is 2.41 bits per heavy atom. The van der Waals surface area contributed by atoms with Crippen LogP contribution in [0, 0.1) is 0 Å². The van der Waals surface area contributed by atoms with Gasteiger partial charge in [-0.25, -0.2) is 0 Å². The van der Waals surface area contributed by atoms with Crippen molar-refractivity contribution >= 4 is 11.8 Å². The number of carbonyl (C=O) groups is 2. The predicted molar refractivity (Wildman–Crippen MR) is 64.0 cm³/mol. The van der Waals surface area contributed by atoms with Gasteiger partial charge in [0.1, 0.15) is 0 Å². The van der Waals surface area contributed by atoms with Crippen molar-refractivity contribution in [1.82, 2.24) is 0 Å². The minimum Gasteiger partial charge on any atom is -0.454 e. The summed E-state index contributed by atoms with van der Waals surface area (Å²) < 4.78 is 4.97. The average molecular weight is 232 g/mol. The molecule has 1 aliphatic heterocycles. The lowest BCUT2D eigenvalue weighted by molar-refractivity contribution is -0.140. The third-order valence-electron chi connectivity index (χ3n) is 3.04. The molecular formula is C14H16O3. The van der Waals surface area contributed by atoms with Crippen molar-refractivity contribution in [3.8, 4) is 0 Å². The van der Waals surface area contributed by atoms with Crippen LogP contribution in [0.5, 0.6) is 0 Å². The molecule has 2 rings (SSSR count). The molecule has 1 aromatic carbocycles. The first-order chi connectivity index (χ1) is 8.08. The van der Waals surface area contributed by atoms with Crippen LogP contribution in [-0.2, 0) is 9.53 Å². The molecule has 1 heterocycles. The fraction of sp³-hybridized carbons (Fsp3) is 0.429. The predicted octanol–water partition coefficient (Wildman–Crippen LogP) is 2.70. The maximum atomic E-state index is 12.0. The topological polar surface area (TPSA) is 43.4 Å². The molecule has 0 spiro atoms. The number of carbonyl (C=O) groups excluding carboxylic acids is 2. The molecule has 0 N–H and O–H groups in total. The van der Waals surface area contributed by atoms with Crippen LogP contribution in [0.4, 0.5) is 0 Å². The molecule has 1 fully saturated rings. The van der Waals surface area contributed by atoms with Crippen molar-refractivity contribution in [2.75, 3.05) is 0 Å². The highest BCUT2D eigenvalue weighted by molar-refractivity contribution is 6.01. The van der Waals surface area contributed by atoms with E-state index in [-0.39, 0.29) is 11.8 Å². The second-order valence-electron chi connectivity index (χ2n) is 4.66. The number of hydrogen-bond donors (Lipinski definition) is 0. The Labute approximate surface area is 101 Å². The number of rotatable bonds is 3. The monoisotopic (exact) mass is 232 g/mol. The standard InChI is InChI=1S/C14H16O3/c1-9(2)10-3-5-11(6-4-10)14(16)12-7-8-13(15)17-12/h3-6,9,12H,7-8H2,1-2H3. The van der Waals surface area contributed by atoms with Crippen LogP contribution in [0.1, 0.15) is 48.5 Å². The maximum absolute atomic E-state index is 12.0. The first-order valence-corrected chi connectivity index (χ1v) is 5.91. The average Bonchev–Trinajstić information content (AvgIpc) is 2.75. The van der Waals surface area contributed by atoms with Crippen LogP contribution in [0.3, 0.4) is 0 Å². The third-order valence-corrected chi connectivity index (χ3v) is 3.04. The Hall–Kier alpha value is -1.64. The Bertz CT molecular complexity index is 431. The van der Waals surface area contributed by atoms with E-state index in [4.69, 9.17) is 4.74 Å². The Morgan fingerprint density at radius 2 is 1.94 bits per heavy atom. The van der Waals surface area contributed by atoms with E-state index < -0.39 is 6.10 Å². The van der Waals surface area contributed by atoms with Crippen molar-refractivity contribution in [2.45, 2.75) is 38.7 Å². The molecule has 0 aromatic heterocycles. The lowest BCUT2D eigenvalue weighted by Crippen LogP contribution is -2.20. The minimum atomic E-state index is -0.576. The molecular weight excluding hydrogens is 216 g/mol. The van der Waals surface area contributed by atoms with Gasteiger partial charge >= 0.3 is 5.97 Å². The molecule has 1 unspecified atom stereocenters. The lowest BCUT2D eigenvalue weighted by atomic mass is 9.98. The van der Waals surface area contributed by atoms with E-state index in [0.717, 1.165) is 0 Å². The van der Waals surface area contributed by atoms with Gasteiger partial charge in [0.2, 0.25) is 5.78 Å². The van der Waals surface area contributed by atoms with E-state index in [1.54, 1.807) is 0 Å². The molecule has 0 radical (unpaired) electrons. The van der Waals surface area contributed by atoms with Crippen molar-refractivity contribution in [1.29, 1.82) is 0 Å². The fourth-order valence-corrected chi connectivity index (χ4v) is 1.93. The van der Waals surface area contributed by atoms with Gasteiger partial charge in [0.15, 0.2) is 6.10 Å². The SMILES string of the molecule is CC(C)c1ccc(C(=O)C2CCC(=O)O2)cc1. The summed E-state index contributed by atoms with van der Waals surface area (Å²) in [6, 6.07) is 7.52. The Balaban J connectivity index is 2.12. The molecule has 0 aliphatic carbocycles. The van der Waals surface area contributed by atoms with Gasteiger partial charge < -0.3 is 4.74 Å². The van der Waals surface area contributed by atoms with E-state index >= 15 is 0 Å². The zero-order valence-corrected chi connectivity index (χ0v) is 10.1. The first-order valence-electron chi connectivity index (χ1n) is 5.91. The quantitative estimate of drug-likeness (QED) is 0.594. The highest BCUT2D eigenvalue weighted by Gasteiger charge is 2.30. The van der Waals surface area contributed by atoms with Gasteiger partial charge in [-0.15, -0.1) is 0 Å². The first kappa shape index (κ1) is 11.8. The van der Waals surface area contributed by atoms with Crippen molar-refractivity contribution in [2.24, 2.45) is 0 Å². The van der Waals surface area contributed by atoms with E-state index in [1.807, 2.05) is 24.3 Å². The third kappa shape index (κ3) is 2.54. The number of benzene rings is 1. The molecule has 1 aromatic rings. The van der Waals surface area contributed by atoms with Gasteiger partial charge in [0, 0.05) is 18.4 Å². The summed E-state index contributed by atoms with van der Waals surface area (Å²) in [5, 5.41) is 0. The van der Waals surface area contributed by atoms with E-state index in [2.05, 4.69) is 13.8 Å². The summed E-state index contributed by atoms with van der Waals surface area (Å²) in [4.78, 5) is 23.0. The number of ether oxygens (including phenoxy) is 1. The Morgan fingerprint density at radius 1 is 1.29 bits per heavy atom. The van der Waals surface area contributed by atoms with Crippen molar-refractivity contribution in [3.63, 3.8) is 0 Å². The summed E-state index contributed by atoms with van der Waals surface area (Å²) in [5.74, 6) is 0.0803. The van der Waals surface area contributed by atoms with Gasteiger partial charge in [0.25, 0.3) is 0 Å². The molecule has 3 nitrogen and oxygen atoms in total. The van der Waals surface area contributed by atoms with Gasteiger partial charge in [-0.3, -0.25) is 9.59 Å². The molecule has 0 saturated carbocycles. The molecule has 17 heavy (non-hydrogen) atoms. The largest absolute Gasteiger partial charge is 0.454 e. The van der Waals surface area contributed by atoms with Gasteiger partial charge in [0.05, 0.1) is 0 Å². The minimum absolute atomic E-state index is 0.0915. The second-order valence-corrected chi connectivity index (χ2v) is 4.66. The van der Waals surface area contributed by atoms with Crippen molar-refractivity contribution < 1.29 is 14.3 Å². The maximum Gasteiger partial charge on any atom is 0.306 e. The molecule has 1 saturated heterocycles. The van der Waals surface area contributed by atoms with Gasteiger partial charge in [-0.2, -0.15) is 0 Å². The van der Waals surface area contributed by atoms with Gasteiger partial charge in [-0.1, -0.05) is 38.1 Å². The summed E-state index contributed by atoms with van der Waals surface area (Å²) in [6.07, 6.45) is 0.275. The van der Waals surface area contributed by atoms with Crippen LogP contribution in [0.2, 0.25) is 0 Å². The normalized spacial score (nSPS) is 19.5. The molecule has 0 amide bonds. The van der Waals surface area contributed by atoms with Crippen LogP contribution >= 0.6 is 0 Å². The van der Waals surface area contributed by atoms with Crippen LogP contribution < -0.4 is 0 Å². The van der Waals surface area contributed by atoms with Crippen molar-refractivity contribution in [3.05, 3.63) is 35.4 Å². The summed E-state index contributed by atoms with van der Waals surface area (Å²) in [7, 11) is 0. The fourth-order valence-electron chi connectivity index (χ4n) is 1.93. The van der Waals surface area contributed by atoms with Gasteiger partial charge in [-0.05, 0) is 11.5 Å². The molecule has 3 heteroatoms. The highest BCUT2D eigenvalue weighted by Crippen LogP contribution is 2.20. The van der Waals surface area contributed by atoms with E-state index in [9.17, 15) is 9.59 Å². The molecule has 1 aliphatic rings. The smallest absolute Gasteiger partial charge is 0.306 e. The number of esters is 1. The zero-order valence-electron chi connectivity index (χ0n) is 10.1. The summed E-state index contributed by atoms with van der Waals surface area (Å²) >= 11 is 0. The summed E-state index contributed by atoms with van der Waals surface area (Å²) in [6.45, 7) is 4.21. The summed E-state index contributed by atoms with van der Waals surface area (Å²) in [5.41, 5.74) is 1.82. The molecule has 0 bridgehead atoms. The zero-order chi connectivity index (χ0) is 12.4. The van der Waals surface area contributed by atoms with Crippen LogP contribution in [0.15, 0.2) is 24.3 Å². The van der Waals surface area contributed by atoms with Crippen LogP contribution in [-0.4, -0.2) is 17.9 Å². The molecule has 90 valence electrons. The number of ketones is 1. The molecule has 1 atom stereocenters. The van der Waals surface area contributed by atoms with E-state index in [0.29, 0.717) is 24.3 Å². The highest BCUT2D eigenvalue weighted by atomic mass is 16.6. The second kappa shape index (κ2) is 4.70. The Kier molecular flexibility index (Phi) is 3.27. The van der Waals surface area contributed by atoms with E-state index in [1.165, 1.54) is 5.56 Å². The number of hydrogen-bond acceptors (Lipinski definition) is 3. The van der Waals surface area contributed by atoms with Crippen LogP contribution in [0.25, 0.3) is 0 Å².